The Morgan fingerprint density at radius 3 is 2.52 bits per heavy atom. The minimum absolute atomic E-state index is 0.507. The molecule has 1 aromatic carbocycles. The number of rotatable bonds is 9. The van der Waals surface area contributed by atoms with Gasteiger partial charge < -0.3 is 20.1 Å². The molecule has 8 heteroatoms. The third-order valence-electron chi connectivity index (χ3n) is 4.40. The summed E-state index contributed by atoms with van der Waals surface area (Å²) in [6, 6.07) is 11.3. The summed E-state index contributed by atoms with van der Waals surface area (Å²) < 4.78 is 11.3. The number of aryl methyl sites for hydroxylation is 2. The van der Waals surface area contributed by atoms with Crippen molar-refractivity contribution in [2.75, 3.05) is 13.2 Å². The van der Waals surface area contributed by atoms with Crippen molar-refractivity contribution in [1.29, 1.82) is 0 Å². The van der Waals surface area contributed by atoms with Crippen molar-refractivity contribution in [2.24, 2.45) is 4.99 Å². The fourth-order valence-corrected chi connectivity index (χ4v) is 3.66. The van der Waals surface area contributed by atoms with Gasteiger partial charge in [0.05, 0.1) is 25.4 Å². The first-order valence-corrected chi connectivity index (χ1v) is 11.2. The second-order valence-electron chi connectivity index (χ2n) is 6.81. The van der Waals surface area contributed by atoms with Crippen LogP contribution in [0.3, 0.4) is 0 Å². The van der Waals surface area contributed by atoms with E-state index in [1.165, 1.54) is 4.88 Å². The Morgan fingerprint density at radius 1 is 1.06 bits per heavy atom. The van der Waals surface area contributed by atoms with Gasteiger partial charge in [-0.15, -0.1) is 11.3 Å². The molecule has 0 atom stereocenters. The van der Waals surface area contributed by atoms with Gasteiger partial charge in [0.1, 0.15) is 16.5 Å². The zero-order valence-electron chi connectivity index (χ0n) is 18.4. The summed E-state index contributed by atoms with van der Waals surface area (Å²) in [6.07, 6.45) is 1.73. The minimum atomic E-state index is 0.507. The molecule has 0 saturated heterocycles. The quantitative estimate of drug-likeness (QED) is 0.375. The second-order valence-corrected chi connectivity index (χ2v) is 8.09. The van der Waals surface area contributed by atoms with Gasteiger partial charge in [-0.05, 0) is 63.6 Å². The topological polar surface area (TPSA) is 80.7 Å². The Morgan fingerprint density at radius 2 is 1.84 bits per heavy atom. The van der Waals surface area contributed by atoms with E-state index in [1.807, 2.05) is 57.2 Å². The molecular weight excluding hydrogens is 410 g/mol. The number of nitrogens with zero attached hydrogens (tertiary/aromatic N) is 3. The van der Waals surface area contributed by atoms with E-state index in [0.717, 1.165) is 34.5 Å². The number of aliphatic imine (C=N–C) groups is 1. The predicted octanol–water partition coefficient (Wildman–Crippen LogP) is 4.60. The van der Waals surface area contributed by atoms with Gasteiger partial charge in [-0.25, -0.2) is 15.0 Å². The van der Waals surface area contributed by atoms with E-state index in [9.17, 15) is 0 Å². The number of guanidine groups is 1. The van der Waals surface area contributed by atoms with E-state index in [4.69, 9.17) is 9.47 Å². The van der Waals surface area contributed by atoms with Gasteiger partial charge in [-0.1, -0.05) is 0 Å². The second kappa shape index (κ2) is 11.3. The molecule has 0 saturated carbocycles. The Labute approximate surface area is 187 Å². The Bertz CT molecular complexity index is 982. The van der Waals surface area contributed by atoms with Crippen molar-refractivity contribution in [3.8, 4) is 17.4 Å². The minimum Gasteiger partial charge on any atom is -0.494 e. The van der Waals surface area contributed by atoms with Crippen LogP contribution in [0.4, 0.5) is 0 Å². The monoisotopic (exact) mass is 439 g/mol. The maximum absolute atomic E-state index is 5.87. The van der Waals surface area contributed by atoms with E-state index < -0.39 is 0 Å². The summed E-state index contributed by atoms with van der Waals surface area (Å²) in [5.74, 6) is 2.81. The number of hydrogen-bond donors (Lipinski definition) is 2. The fraction of sp³-hybridized carbons (Fsp3) is 0.348. The lowest BCUT2D eigenvalue weighted by Crippen LogP contribution is -2.36. The SMILES string of the molecule is CCNC(=NCc1ccnc(Oc2ccc(OCC)cc2)c1)NCc1nc(C)c(C)s1. The van der Waals surface area contributed by atoms with Crippen LogP contribution in [-0.2, 0) is 13.1 Å². The summed E-state index contributed by atoms with van der Waals surface area (Å²) >= 11 is 1.71. The molecule has 3 aromatic rings. The zero-order valence-corrected chi connectivity index (χ0v) is 19.3. The lowest BCUT2D eigenvalue weighted by molar-refractivity contribution is 0.339. The molecule has 31 heavy (non-hydrogen) atoms. The van der Waals surface area contributed by atoms with Gasteiger partial charge in [0.15, 0.2) is 5.96 Å². The molecule has 0 unspecified atom stereocenters. The summed E-state index contributed by atoms with van der Waals surface area (Å²) in [5, 5.41) is 7.67. The van der Waals surface area contributed by atoms with Crippen LogP contribution in [0.2, 0.25) is 0 Å². The van der Waals surface area contributed by atoms with Gasteiger partial charge in [0.25, 0.3) is 0 Å². The Kier molecular flexibility index (Phi) is 8.23. The molecule has 0 fully saturated rings. The van der Waals surface area contributed by atoms with Crippen LogP contribution in [0.5, 0.6) is 17.4 Å². The summed E-state index contributed by atoms with van der Waals surface area (Å²) in [4.78, 5) is 14.8. The van der Waals surface area contributed by atoms with Crippen LogP contribution in [0.15, 0.2) is 47.6 Å². The maximum Gasteiger partial charge on any atom is 0.219 e. The zero-order chi connectivity index (χ0) is 22.1. The van der Waals surface area contributed by atoms with Gasteiger partial charge in [-0.2, -0.15) is 0 Å². The van der Waals surface area contributed by atoms with Crippen LogP contribution in [0.25, 0.3) is 0 Å². The largest absolute Gasteiger partial charge is 0.494 e. The number of thiazole rings is 1. The third kappa shape index (κ3) is 6.96. The van der Waals surface area contributed by atoms with Gasteiger partial charge in [-0.3, -0.25) is 0 Å². The van der Waals surface area contributed by atoms with Crippen molar-refractivity contribution >= 4 is 17.3 Å². The van der Waals surface area contributed by atoms with Crippen molar-refractivity contribution in [1.82, 2.24) is 20.6 Å². The highest BCUT2D eigenvalue weighted by molar-refractivity contribution is 7.11. The maximum atomic E-state index is 5.87. The molecule has 0 amide bonds. The van der Waals surface area contributed by atoms with Crippen LogP contribution in [0.1, 0.15) is 35.0 Å². The number of benzene rings is 1. The molecule has 2 aromatic heterocycles. The number of aromatic nitrogens is 2. The standard InChI is InChI=1S/C23H29N5O2S/c1-5-24-23(27-15-22-28-16(3)17(4)31-22)26-14-18-11-12-25-21(13-18)30-20-9-7-19(8-10-20)29-6-2/h7-13H,5-6,14-15H2,1-4H3,(H2,24,26,27). The van der Waals surface area contributed by atoms with Crippen LogP contribution >= 0.6 is 11.3 Å². The molecule has 0 aliphatic carbocycles. The van der Waals surface area contributed by atoms with Crippen molar-refractivity contribution in [3.05, 3.63) is 63.7 Å². The van der Waals surface area contributed by atoms with Gasteiger partial charge in [0, 0.05) is 23.7 Å². The molecule has 164 valence electrons. The normalized spacial score (nSPS) is 11.3. The van der Waals surface area contributed by atoms with Gasteiger partial charge >= 0.3 is 0 Å². The average molecular weight is 440 g/mol. The van der Waals surface area contributed by atoms with Crippen molar-refractivity contribution < 1.29 is 9.47 Å². The van der Waals surface area contributed by atoms with E-state index in [0.29, 0.717) is 31.3 Å². The first kappa shape index (κ1) is 22.6. The first-order valence-electron chi connectivity index (χ1n) is 10.4. The van der Waals surface area contributed by atoms with E-state index in [-0.39, 0.29) is 0 Å². The summed E-state index contributed by atoms with van der Waals surface area (Å²) in [7, 11) is 0. The number of hydrogen-bond acceptors (Lipinski definition) is 6. The van der Waals surface area contributed by atoms with Crippen LogP contribution in [0, 0.1) is 13.8 Å². The fourth-order valence-electron chi connectivity index (χ4n) is 2.78. The molecule has 7 nitrogen and oxygen atoms in total. The van der Waals surface area contributed by atoms with E-state index in [2.05, 4.69) is 32.5 Å². The molecule has 3 rings (SSSR count). The predicted molar refractivity (Wildman–Crippen MR) is 125 cm³/mol. The van der Waals surface area contributed by atoms with Crippen LogP contribution < -0.4 is 20.1 Å². The van der Waals surface area contributed by atoms with Crippen molar-refractivity contribution in [3.63, 3.8) is 0 Å². The number of ether oxygens (including phenoxy) is 2. The van der Waals surface area contributed by atoms with Gasteiger partial charge in [0.2, 0.25) is 5.88 Å². The highest BCUT2D eigenvalue weighted by Crippen LogP contribution is 2.23. The van der Waals surface area contributed by atoms with Crippen LogP contribution in [-0.4, -0.2) is 29.1 Å². The number of pyridine rings is 1. The molecule has 0 aliphatic heterocycles. The molecule has 0 bridgehead atoms. The summed E-state index contributed by atoms with van der Waals surface area (Å²) in [6.45, 7) is 10.7. The lowest BCUT2D eigenvalue weighted by Gasteiger charge is -2.10. The molecule has 2 N–H and O–H groups in total. The third-order valence-corrected chi connectivity index (χ3v) is 5.47. The number of nitrogens with one attached hydrogen (secondary N) is 2. The molecule has 0 radical (unpaired) electrons. The molecular formula is C23H29N5O2S. The Hall–Kier alpha value is -3.13. The molecule has 0 aliphatic rings. The van der Waals surface area contributed by atoms with E-state index in [1.54, 1.807) is 17.5 Å². The van der Waals surface area contributed by atoms with Crippen molar-refractivity contribution in [2.45, 2.75) is 40.8 Å². The highest BCUT2D eigenvalue weighted by Gasteiger charge is 2.06. The average Bonchev–Trinajstić information content (AvgIpc) is 3.09. The smallest absolute Gasteiger partial charge is 0.219 e. The first-order chi connectivity index (χ1) is 15.1. The highest BCUT2D eigenvalue weighted by atomic mass is 32.1. The lowest BCUT2D eigenvalue weighted by atomic mass is 10.2. The van der Waals surface area contributed by atoms with E-state index >= 15 is 0 Å². The Balaban J connectivity index is 1.61. The molecule has 0 spiro atoms. The summed E-state index contributed by atoms with van der Waals surface area (Å²) in [5.41, 5.74) is 2.09. The molecule has 2 heterocycles.